The van der Waals surface area contributed by atoms with E-state index in [9.17, 15) is 0 Å². The summed E-state index contributed by atoms with van der Waals surface area (Å²) in [5, 5.41) is 52.0. The van der Waals surface area contributed by atoms with Crippen LogP contribution in [0.4, 0.5) is 0 Å². The van der Waals surface area contributed by atoms with E-state index >= 15 is 0 Å². The fraction of sp³-hybridized carbons (Fsp3) is 0. The maximum atomic E-state index is 8.91. The first-order valence-electron chi connectivity index (χ1n) is 5.32. The fourth-order valence-electron chi connectivity index (χ4n) is 1.23. The molecule has 0 aliphatic heterocycles. The summed E-state index contributed by atoms with van der Waals surface area (Å²) in [4.78, 5) is 0. The van der Waals surface area contributed by atoms with Crippen LogP contribution >= 0.6 is 0 Å². The normalized spacial score (nSPS) is 8.70. The van der Waals surface area contributed by atoms with Gasteiger partial charge in [0.25, 0.3) is 0 Å². The van der Waals surface area contributed by atoms with Crippen LogP contribution in [0.5, 0.6) is 23.0 Å². The van der Waals surface area contributed by atoms with E-state index in [2.05, 4.69) is 0 Å². The molecule has 0 aliphatic carbocycles. The zero-order chi connectivity index (χ0) is 15.1. The lowest BCUT2D eigenvalue weighted by Crippen LogP contribution is -1.73. The quantitative estimate of drug-likeness (QED) is 0.579. The number of rotatable bonds is 0. The van der Waals surface area contributed by atoms with Crippen LogP contribution in [0.3, 0.4) is 0 Å². The summed E-state index contributed by atoms with van der Waals surface area (Å²) in [5.74, 6) is -0.474. The first-order valence-corrected chi connectivity index (χ1v) is 5.32. The largest absolute Gasteiger partial charge is 0.508 e. The molecule has 0 atom stereocenters. The highest BCUT2D eigenvalue weighted by molar-refractivity contribution is 5.46. The van der Waals surface area contributed by atoms with Crippen LogP contribution < -0.4 is 0 Å². The number of aromatic hydroxyl groups is 4. The van der Waals surface area contributed by atoms with Gasteiger partial charge < -0.3 is 20.4 Å². The third kappa shape index (κ3) is 3.83. The molecule has 0 amide bonds. The highest BCUT2D eigenvalue weighted by atomic mass is 16.3. The molecule has 20 heavy (non-hydrogen) atoms. The number of nitrogens with zero attached hydrogens (tertiary/aromatic N) is 2. The van der Waals surface area contributed by atoms with Crippen LogP contribution in [-0.2, 0) is 0 Å². The molecule has 2 aromatic carbocycles. The summed E-state index contributed by atoms with van der Waals surface area (Å²) in [6.07, 6.45) is 0. The molecule has 2 rings (SSSR count). The predicted octanol–water partition coefficient (Wildman–Crippen LogP) is 1.94. The van der Waals surface area contributed by atoms with Gasteiger partial charge in [0.15, 0.2) is 0 Å². The Hall–Kier alpha value is -3.38. The summed E-state index contributed by atoms with van der Waals surface area (Å²) < 4.78 is 0. The van der Waals surface area contributed by atoms with Crippen LogP contribution in [0.25, 0.3) is 0 Å². The number of benzene rings is 2. The second-order valence-electron chi connectivity index (χ2n) is 3.63. The second kappa shape index (κ2) is 6.53. The Morgan fingerprint density at radius 2 is 1.00 bits per heavy atom. The topological polar surface area (TPSA) is 128 Å². The molecule has 4 N–H and O–H groups in total. The number of hydrogen-bond acceptors (Lipinski definition) is 6. The van der Waals surface area contributed by atoms with Crippen molar-refractivity contribution in [2.45, 2.75) is 0 Å². The average molecular weight is 270 g/mol. The summed E-state index contributed by atoms with van der Waals surface area (Å²) in [5.41, 5.74) is 0.329. The Bertz CT molecular complexity index is 638. The molecular formula is C14H10N2O4. The predicted molar refractivity (Wildman–Crippen MR) is 69.0 cm³/mol. The Morgan fingerprint density at radius 1 is 0.650 bits per heavy atom. The Kier molecular flexibility index (Phi) is 4.79. The molecule has 100 valence electrons. The zero-order valence-electron chi connectivity index (χ0n) is 10.1. The Labute approximate surface area is 114 Å². The fourth-order valence-corrected chi connectivity index (χ4v) is 1.23. The van der Waals surface area contributed by atoms with Gasteiger partial charge in [0, 0.05) is 12.1 Å². The minimum Gasteiger partial charge on any atom is -0.508 e. The molecule has 0 aromatic heterocycles. The van der Waals surface area contributed by atoms with Crippen LogP contribution in [0.1, 0.15) is 11.1 Å². The smallest absolute Gasteiger partial charge is 0.137 e. The van der Waals surface area contributed by atoms with E-state index < -0.39 is 0 Å². The number of nitriles is 2. The molecule has 0 bridgehead atoms. The Morgan fingerprint density at radius 3 is 1.25 bits per heavy atom. The third-order valence-electron chi connectivity index (χ3n) is 2.20. The number of phenols is 4. The summed E-state index contributed by atoms with van der Waals surface area (Å²) in [7, 11) is 0. The molecule has 0 spiro atoms. The molecular weight excluding hydrogens is 260 g/mol. The van der Waals surface area contributed by atoms with Crippen LogP contribution in [0.2, 0.25) is 0 Å². The van der Waals surface area contributed by atoms with E-state index in [1.165, 1.54) is 24.3 Å². The van der Waals surface area contributed by atoms with Gasteiger partial charge in [-0.1, -0.05) is 0 Å². The zero-order valence-corrected chi connectivity index (χ0v) is 10.1. The van der Waals surface area contributed by atoms with Gasteiger partial charge in [-0.15, -0.1) is 0 Å². The summed E-state index contributed by atoms with van der Waals surface area (Å²) in [6.45, 7) is 0. The lowest BCUT2D eigenvalue weighted by Gasteiger charge is -1.94. The maximum Gasteiger partial charge on any atom is 0.137 e. The molecule has 0 fully saturated rings. The van der Waals surface area contributed by atoms with Gasteiger partial charge in [0.05, 0.1) is 11.1 Å². The van der Waals surface area contributed by atoms with E-state index in [-0.39, 0.29) is 34.1 Å². The van der Waals surface area contributed by atoms with Crippen molar-refractivity contribution in [3.05, 3.63) is 47.5 Å². The van der Waals surface area contributed by atoms with E-state index in [0.717, 1.165) is 12.1 Å². The minimum atomic E-state index is -0.192. The minimum absolute atomic E-state index is 0.0449. The molecule has 6 heteroatoms. The summed E-state index contributed by atoms with van der Waals surface area (Å²) in [6, 6.07) is 11.2. The van der Waals surface area contributed by atoms with Gasteiger partial charge in [0.1, 0.15) is 35.1 Å². The Balaban J connectivity index is 0.000000200. The van der Waals surface area contributed by atoms with E-state index in [1.807, 2.05) is 0 Å². The van der Waals surface area contributed by atoms with Gasteiger partial charge in [-0.3, -0.25) is 0 Å². The second-order valence-corrected chi connectivity index (χ2v) is 3.63. The SMILES string of the molecule is N#Cc1ccc(O)cc1O.N#Cc1ccc(O)cc1O. The van der Waals surface area contributed by atoms with Crippen molar-refractivity contribution in [2.24, 2.45) is 0 Å². The molecule has 0 aliphatic rings. The highest BCUT2D eigenvalue weighted by Crippen LogP contribution is 2.21. The van der Waals surface area contributed by atoms with Crippen LogP contribution in [0, 0.1) is 22.7 Å². The van der Waals surface area contributed by atoms with Crippen molar-refractivity contribution in [2.75, 3.05) is 0 Å². The first-order chi connectivity index (χ1) is 9.47. The van der Waals surface area contributed by atoms with Crippen molar-refractivity contribution in [3.63, 3.8) is 0 Å². The van der Waals surface area contributed by atoms with Crippen molar-refractivity contribution in [3.8, 4) is 35.1 Å². The lowest BCUT2D eigenvalue weighted by atomic mass is 10.2. The van der Waals surface area contributed by atoms with E-state index in [0.29, 0.717) is 0 Å². The van der Waals surface area contributed by atoms with Gasteiger partial charge in [0.2, 0.25) is 0 Å². The van der Waals surface area contributed by atoms with Gasteiger partial charge in [-0.05, 0) is 24.3 Å². The number of hydrogen-bond donors (Lipinski definition) is 4. The molecule has 0 saturated carbocycles. The van der Waals surface area contributed by atoms with Crippen molar-refractivity contribution < 1.29 is 20.4 Å². The molecule has 0 unspecified atom stereocenters. The monoisotopic (exact) mass is 270 g/mol. The molecule has 0 radical (unpaired) electrons. The summed E-state index contributed by atoms with van der Waals surface area (Å²) >= 11 is 0. The van der Waals surface area contributed by atoms with Crippen LogP contribution in [0.15, 0.2) is 36.4 Å². The van der Waals surface area contributed by atoms with Crippen molar-refractivity contribution in [1.29, 1.82) is 10.5 Å². The molecule has 0 heterocycles. The van der Waals surface area contributed by atoms with Crippen molar-refractivity contribution in [1.82, 2.24) is 0 Å². The first kappa shape index (κ1) is 14.7. The standard InChI is InChI=1S/2C7H5NO2/c2*8-4-5-1-2-6(9)3-7(5)10/h2*1-3,9-10H. The lowest BCUT2D eigenvalue weighted by molar-refractivity contribution is 0.448. The maximum absolute atomic E-state index is 8.91. The molecule has 0 saturated heterocycles. The van der Waals surface area contributed by atoms with Gasteiger partial charge >= 0.3 is 0 Å². The third-order valence-corrected chi connectivity index (χ3v) is 2.20. The van der Waals surface area contributed by atoms with E-state index in [4.69, 9.17) is 30.9 Å². The van der Waals surface area contributed by atoms with E-state index in [1.54, 1.807) is 12.1 Å². The number of phenolic OH excluding ortho intramolecular Hbond substituents is 4. The average Bonchev–Trinajstić information content (AvgIpc) is 2.40. The molecule has 6 nitrogen and oxygen atoms in total. The molecule has 2 aromatic rings. The van der Waals surface area contributed by atoms with Crippen LogP contribution in [-0.4, -0.2) is 20.4 Å². The highest BCUT2D eigenvalue weighted by Gasteiger charge is 1.99. The van der Waals surface area contributed by atoms with Gasteiger partial charge in [-0.25, -0.2) is 0 Å². The van der Waals surface area contributed by atoms with Crippen molar-refractivity contribution >= 4 is 0 Å². The van der Waals surface area contributed by atoms with Gasteiger partial charge in [-0.2, -0.15) is 10.5 Å².